The first-order chi connectivity index (χ1) is 6.06. The van der Waals surface area contributed by atoms with Crippen molar-refractivity contribution in [2.24, 2.45) is 0 Å². The van der Waals surface area contributed by atoms with Crippen LogP contribution >= 0.6 is 34.2 Å². The monoisotopic (exact) mass is 312 g/mol. The Morgan fingerprint density at radius 3 is 2.69 bits per heavy atom. The maximum atomic E-state index is 9.88. The summed E-state index contributed by atoms with van der Waals surface area (Å²) >= 11 is 7.67. The van der Waals surface area contributed by atoms with E-state index in [1.165, 1.54) is 0 Å². The molecule has 0 bridgehead atoms. The highest BCUT2D eigenvalue weighted by atomic mass is 127. The second kappa shape index (κ2) is 4.59. The number of benzene rings is 1. The molecule has 0 aromatic heterocycles. The molecule has 1 aromatic rings. The van der Waals surface area contributed by atoms with Gasteiger partial charge in [-0.25, -0.2) is 0 Å². The minimum absolute atomic E-state index is 0.0496. The summed E-state index contributed by atoms with van der Waals surface area (Å²) in [6, 6.07) is 7.01. The largest absolute Gasteiger partial charge is 0.396 e. The first-order valence-electron chi connectivity index (χ1n) is 3.84. The van der Waals surface area contributed by atoms with Gasteiger partial charge in [-0.1, -0.05) is 23.7 Å². The number of aliphatic hydroxyl groups excluding tert-OH is 1. The molecule has 0 saturated carbocycles. The van der Waals surface area contributed by atoms with Crippen molar-refractivity contribution in [3.8, 4) is 0 Å². The van der Waals surface area contributed by atoms with Crippen LogP contribution in [0.3, 0.4) is 0 Å². The molecule has 2 N–H and O–H groups in total. The van der Waals surface area contributed by atoms with Gasteiger partial charge in [0.2, 0.25) is 0 Å². The molecule has 0 spiro atoms. The summed E-state index contributed by atoms with van der Waals surface area (Å²) in [6.45, 7) is -0.0496. The smallest absolute Gasteiger partial charge is 0.143 e. The van der Waals surface area contributed by atoms with Crippen LogP contribution in [0.15, 0.2) is 24.3 Å². The highest BCUT2D eigenvalue weighted by Gasteiger charge is 2.24. The Labute approximate surface area is 95.7 Å². The molecular formula is C9H10ClIO2. The van der Waals surface area contributed by atoms with Gasteiger partial charge < -0.3 is 10.2 Å². The van der Waals surface area contributed by atoms with Gasteiger partial charge in [0.05, 0.1) is 0 Å². The lowest BCUT2D eigenvalue weighted by molar-refractivity contribution is 0.117. The van der Waals surface area contributed by atoms with Crippen molar-refractivity contribution in [1.82, 2.24) is 0 Å². The van der Waals surface area contributed by atoms with Crippen LogP contribution in [0.1, 0.15) is 12.0 Å². The summed E-state index contributed by atoms with van der Waals surface area (Å²) in [5.41, 5.74) is 0.717. The van der Waals surface area contributed by atoms with Crippen molar-refractivity contribution >= 4 is 34.2 Å². The van der Waals surface area contributed by atoms with Crippen LogP contribution in [0.4, 0.5) is 0 Å². The fourth-order valence-corrected chi connectivity index (χ4v) is 1.79. The maximum absolute atomic E-state index is 9.88. The second-order valence-corrected chi connectivity index (χ2v) is 4.96. The summed E-state index contributed by atoms with van der Waals surface area (Å²) in [5, 5.41) is 19.2. The number of aliphatic hydroxyl groups is 2. The summed E-state index contributed by atoms with van der Waals surface area (Å²) in [5.74, 6) is 0. The molecule has 0 aliphatic heterocycles. The van der Waals surface area contributed by atoms with E-state index >= 15 is 0 Å². The van der Waals surface area contributed by atoms with Gasteiger partial charge in [0.1, 0.15) is 3.61 Å². The molecule has 0 fully saturated rings. The normalized spacial score (nSPS) is 15.4. The van der Waals surface area contributed by atoms with Crippen LogP contribution in [-0.4, -0.2) is 16.8 Å². The van der Waals surface area contributed by atoms with E-state index in [1.54, 1.807) is 24.3 Å². The molecule has 0 heterocycles. The fraction of sp³-hybridized carbons (Fsp3) is 0.333. The average Bonchev–Trinajstić information content (AvgIpc) is 2.04. The molecule has 72 valence electrons. The van der Waals surface area contributed by atoms with Gasteiger partial charge in [0, 0.05) is 18.1 Å². The van der Waals surface area contributed by atoms with Crippen molar-refractivity contribution < 1.29 is 10.2 Å². The Morgan fingerprint density at radius 2 is 2.15 bits per heavy atom. The van der Waals surface area contributed by atoms with Crippen LogP contribution in [0, 0.1) is 0 Å². The van der Waals surface area contributed by atoms with Gasteiger partial charge >= 0.3 is 0 Å². The lowest BCUT2D eigenvalue weighted by Gasteiger charge is -2.20. The number of hydrogen-bond donors (Lipinski definition) is 2. The molecule has 0 aliphatic rings. The predicted molar refractivity (Wildman–Crippen MR) is 61.1 cm³/mol. The van der Waals surface area contributed by atoms with Gasteiger partial charge in [-0.05, 0) is 40.3 Å². The van der Waals surface area contributed by atoms with Crippen LogP contribution < -0.4 is 0 Å². The Bertz CT molecular complexity index is 289. The van der Waals surface area contributed by atoms with E-state index < -0.39 is 3.61 Å². The molecule has 0 radical (unpaired) electrons. The summed E-state index contributed by atoms with van der Waals surface area (Å²) in [7, 11) is 0. The van der Waals surface area contributed by atoms with E-state index in [2.05, 4.69) is 0 Å². The number of rotatable bonds is 3. The molecule has 0 amide bonds. The second-order valence-electron chi connectivity index (χ2n) is 2.74. The average molecular weight is 313 g/mol. The first-order valence-corrected chi connectivity index (χ1v) is 5.30. The van der Waals surface area contributed by atoms with E-state index in [-0.39, 0.29) is 6.61 Å². The van der Waals surface area contributed by atoms with Gasteiger partial charge in [-0.2, -0.15) is 0 Å². The standard InChI is InChI=1S/C9H10ClIO2/c10-8-3-1-2-7(6-8)9(11,13)4-5-12/h1-3,6,12-13H,4-5H2. The Kier molecular flexibility index (Phi) is 3.97. The number of alkyl halides is 1. The van der Waals surface area contributed by atoms with E-state index in [1.807, 2.05) is 22.6 Å². The maximum Gasteiger partial charge on any atom is 0.143 e. The zero-order chi connectivity index (χ0) is 9.90. The number of halogens is 2. The van der Waals surface area contributed by atoms with Crippen LogP contribution in [0.25, 0.3) is 0 Å². The highest BCUT2D eigenvalue weighted by Crippen LogP contribution is 2.33. The minimum Gasteiger partial charge on any atom is -0.396 e. The van der Waals surface area contributed by atoms with E-state index in [9.17, 15) is 5.11 Å². The molecule has 2 nitrogen and oxygen atoms in total. The molecule has 4 heteroatoms. The Morgan fingerprint density at radius 1 is 1.46 bits per heavy atom. The molecule has 0 saturated heterocycles. The van der Waals surface area contributed by atoms with E-state index in [4.69, 9.17) is 16.7 Å². The molecule has 13 heavy (non-hydrogen) atoms. The fourth-order valence-electron chi connectivity index (χ4n) is 1.02. The van der Waals surface area contributed by atoms with Crippen LogP contribution in [0.2, 0.25) is 5.02 Å². The summed E-state index contributed by atoms with van der Waals surface area (Å²) in [6.07, 6.45) is 0.300. The summed E-state index contributed by atoms with van der Waals surface area (Å²) in [4.78, 5) is 0. The Hall–Kier alpha value is 0.160. The van der Waals surface area contributed by atoms with Gasteiger partial charge in [-0.3, -0.25) is 0 Å². The van der Waals surface area contributed by atoms with Crippen molar-refractivity contribution in [3.05, 3.63) is 34.9 Å². The predicted octanol–water partition coefficient (Wildman–Crippen LogP) is 2.30. The Balaban J connectivity index is 2.93. The quantitative estimate of drug-likeness (QED) is 0.664. The molecule has 1 rings (SSSR count). The van der Waals surface area contributed by atoms with Crippen molar-refractivity contribution in [3.63, 3.8) is 0 Å². The first kappa shape index (κ1) is 11.2. The van der Waals surface area contributed by atoms with E-state index in [0.717, 1.165) is 5.56 Å². The van der Waals surface area contributed by atoms with Crippen molar-refractivity contribution in [1.29, 1.82) is 0 Å². The minimum atomic E-state index is -1.03. The topological polar surface area (TPSA) is 40.5 Å². The molecule has 1 unspecified atom stereocenters. The zero-order valence-corrected chi connectivity index (χ0v) is 9.79. The lowest BCUT2D eigenvalue weighted by Crippen LogP contribution is -2.18. The molecule has 0 aliphatic carbocycles. The third kappa shape index (κ3) is 3.09. The summed E-state index contributed by atoms with van der Waals surface area (Å²) < 4.78 is -1.03. The van der Waals surface area contributed by atoms with Crippen LogP contribution in [-0.2, 0) is 3.61 Å². The SMILES string of the molecule is OCCC(O)(I)c1cccc(Cl)c1. The zero-order valence-electron chi connectivity index (χ0n) is 6.87. The third-order valence-corrected chi connectivity index (χ3v) is 3.11. The van der Waals surface area contributed by atoms with Crippen molar-refractivity contribution in [2.45, 2.75) is 10.0 Å². The lowest BCUT2D eigenvalue weighted by atomic mass is 10.1. The van der Waals surface area contributed by atoms with Gasteiger partial charge in [-0.15, -0.1) is 0 Å². The van der Waals surface area contributed by atoms with Crippen molar-refractivity contribution in [2.75, 3.05) is 6.61 Å². The highest BCUT2D eigenvalue weighted by molar-refractivity contribution is 14.1. The molecular weight excluding hydrogens is 302 g/mol. The third-order valence-electron chi connectivity index (χ3n) is 1.71. The van der Waals surface area contributed by atoms with Gasteiger partial charge in [0.15, 0.2) is 0 Å². The number of hydrogen-bond acceptors (Lipinski definition) is 2. The molecule has 1 atom stereocenters. The van der Waals surface area contributed by atoms with Crippen LogP contribution in [0.5, 0.6) is 0 Å². The van der Waals surface area contributed by atoms with Gasteiger partial charge in [0.25, 0.3) is 0 Å². The molecule has 1 aromatic carbocycles. The van der Waals surface area contributed by atoms with E-state index in [0.29, 0.717) is 11.4 Å².